The van der Waals surface area contributed by atoms with Crippen LogP contribution >= 0.6 is 11.6 Å². The van der Waals surface area contributed by atoms with Crippen LogP contribution in [0.3, 0.4) is 0 Å². The number of ketones is 1. The molecule has 2 aromatic heterocycles. The maximum absolute atomic E-state index is 13.4. The first-order valence-corrected chi connectivity index (χ1v) is 9.77. The molecule has 0 saturated carbocycles. The zero-order valence-electron chi connectivity index (χ0n) is 15.9. The molecule has 0 radical (unpaired) electrons. The Kier molecular flexibility index (Phi) is 4.30. The van der Waals surface area contributed by atoms with Crippen molar-refractivity contribution in [1.29, 1.82) is 0 Å². The van der Waals surface area contributed by atoms with Crippen LogP contribution in [0.5, 0.6) is 0 Å². The number of hydrogen-bond donors (Lipinski definition) is 0. The summed E-state index contributed by atoms with van der Waals surface area (Å²) >= 11 is 6.51. The number of carbonyl (C=O) groups is 1. The van der Waals surface area contributed by atoms with Crippen LogP contribution in [0.25, 0.3) is 33.1 Å². The number of rotatable bonds is 3. The highest BCUT2D eigenvalue weighted by atomic mass is 35.5. The van der Waals surface area contributed by atoms with Crippen molar-refractivity contribution in [3.63, 3.8) is 0 Å². The smallest absolute Gasteiger partial charge is 0.336 e. The highest BCUT2D eigenvalue weighted by Crippen LogP contribution is 2.42. The minimum Gasteiger partial charge on any atom is -0.452 e. The largest absolute Gasteiger partial charge is 0.452 e. The monoisotopic (exact) mass is 414 g/mol. The van der Waals surface area contributed by atoms with Gasteiger partial charge < -0.3 is 8.83 Å². The number of furan rings is 1. The molecule has 4 nitrogen and oxygen atoms in total. The van der Waals surface area contributed by atoms with Gasteiger partial charge >= 0.3 is 5.63 Å². The van der Waals surface area contributed by atoms with Crippen LogP contribution in [-0.2, 0) is 0 Å². The molecule has 0 fully saturated rings. The first-order chi connectivity index (χ1) is 14.5. The van der Waals surface area contributed by atoms with Crippen molar-refractivity contribution < 1.29 is 13.6 Å². The van der Waals surface area contributed by atoms with E-state index in [0.29, 0.717) is 38.3 Å². The zero-order chi connectivity index (χ0) is 20.8. The molecule has 0 aliphatic rings. The fraction of sp³-hybridized carbons (Fsp3) is 0.0400. The molecule has 5 heteroatoms. The normalized spacial score (nSPS) is 11.3. The van der Waals surface area contributed by atoms with Crippen LogP contribution in [0.4, 0.5) is 0 Å². The molecule has 0 aliphatic heterocycles. The van der Waals surface area contributed by atoms with Gasteiger partial charge in [-0.3, -0.25) is 4.79 Å². The summed E-state index contributed by atoms with van der Waals surface area (Å²) in [6.07, 6.45) is 0. The highest BCUT2D eigenvalue weighted by Gasteiger charge is 2.26. The van der Waals surface area contributed by atoms with Crippen molar-refractivity contribution in [3.05, 3.63) is 105 Å². The summed E-state index contributed by atoms with van der Waals surface area (Å²) in [5, 5.41) is 1.80. The fourth-order valence-electron chi connectivity index (χ4n) is 3.76. The van der Waals surface area contributed by atoms with Gasteiger partial charge in [0.2, 0.25) is 5.78 Å². The summed E-state index contributed by atoms with van der Waals surface area (Å²) in [4.78, 5) is 25.5. The molecule has 2 heterocycles. The lowest BCUT2D eigenvalue weighted by Crippen LogP contribution is -2.01. The van der Waals surface area contributed by atoms with Crippen LogP contribution in [-0.4, -0.2) is 5.78 Å². The molecule has 146 valence electrons. The SMILES string of the molecule is Cc1cc(=O)oc2c1ccc1oc(C(=O)c3ccccc3)c(-c3ccccc3Cl)c12. The lowest BCUT2D eigenvalue weighted by Gasteiger charge is -2.07. The minimum absolute atomic E-state index is 0.154. The maximum Gasteiger partial charge on any atom is 0.336 e. The molecule has 5 rings (SSSR count). The van der Waals surface area contributed by atoms with Crippen LogP contribution in [0.2, 0.25) is 5.02 Å². The van der Waals surface area contributed by atoms with Crippen molar-refractivity contribution in [1.82, 2.24) is 0 Å². The van der Waals surface area contributed by atoms with E-state index in [1.165, 1.54) is 6.07 Å². The van der Waals surface area contributed by atoms with E-state index >= 15 is 0 Å². The molecule has 0 unspecified atom stereocenters. The Morgan fingerprint density at radius 3 is 2.40 bits per heavy atom. The lowest BCUT2D eigenvalue weighted by molar-refractivity contribution is 0.101. The summed E-state index contributed by atoms with van der Waals surface area (Å²) in [6, 6.07) is 21.2. The molecule has 5 aromatic rings. The van der Waals surface area contributed by atoms with Gasteiger partial charge in [-0.2, -0.15) is 0 Å². The molecular weight excluding hydrogens is 400 g/mol. The molecule has 0 saturated heterocycles. The second-order valence-electron chi connectivity index (χ2n) is 7.05. The third kappa shape index (κ3) is 2.85. The summed E-state index contributed by atoms with van der Waals surface area (Å²) in [7, 11) is 0. The quantitative estimate of drug-likeness (QED) is 0.253. The Morgan fingerprint density at radius 1 is 0.900 bits per heavy atom. The van der Waals surface area contributed by atoms with Gasteiger partial charge in [0.05, 0.1) is 5.39 Å². The molecule has 0 spiro atoms. The van der Waals surface area contributed by atoms with E-state index in [-0.39, 0.29) is 11.5 Å². The van der Waals surface area contributed by atoms with Gasteiger partial charge in [0.25, 0.3) is 0 Å². The average Bonchev–Trinajstić information content (AvgIpc) is 3.14. The molecular formula is C25H15ClO4. The van der Waals surface area contributed by atoms with Gasteiger partial charge in [0.15, 0.2) is 5.76 Å². The molecule has 0 N–H and O–H groups in total. The number of carbonyl (C=O) groups excluding carboxylic acids is 1. The van der Waals surface area contributed by atoms with Crippen LogP contribution < -0.4 is 5.63 Å². The van der Waals surface area contributed by atoms with Gasteiger partial charge in [0.1, 0.15) is 11.2 Å². The Bertz CT molecular complexity index is 1490. The summed E-state index contributed by atoms with van der Waals surface area (Å²) in [5.74, 6) is -0.120. The molecule has 3 aromatic carbocycles. The predicted molar refractivity (Wildman–Crippen MR) is 117 cm³/mol. The fourth-order valence-corrected chi connectivity index (χ4v) is 3.99. The molecule has 30 heavy (non-hydrogen) atoms. The Morgan fingerprint density at radius 2 is 1.63 bits per heavy atom. The summed E-state index contributed by atoms with van der Waals surface area (Å²) in [5.41, 5.74) is 2.79. The van der Waals surface area contributed by atoms with Gasteiger partial charge in [-0.15, -0.1) is 0 Å². The topological polar surface area (TPSA) is 60.4 Å². The standard InChI is InChI=1S/C25H15ClO4/c1-14-13-20(27)30-24-16(14)11-12-19-22(24)21(17-9-5-6-10-18(17)26)25(29-19)23(28)15-7-3-2-4-8-15/h2-13H,1H3. The maximum atomic E-state index is 13.4. The average molecular weight is 415 g/mol. The number of hydrogen-bond acceptors (Lipinski definition) is 4. The van der Waals surface area contributed by atoms with Gasteiger partial charge in [-0.25, -0.2) is 4.79 Å². The Labute approximate surface area is 176 Å². The third-order valence-electron chi connectivity index (χ3n) is 5.16. The predicted octanol–water partition coefficient (Wildman–Crippen LogP) is 6.40. The molecule has 0 bridgehead atoms. The zero-order valence-corrected chi connectivity index (χ0v) is 16.7. The van der Waals surface area contributed by atoms with E-state index in [0.717, 1.165) is 10.9 Å². The summed E-state index contributed by atoms with van der Waals surface area (Å²) < 4.78 is 11.6. The summed E-state index contributed by atoms with van der Waals surface area (Å²) in [6.45, 7) is 1.84. The van der Waals surface area contributed by atoms with E-state index in [9.17, 15) is 9.59 Å². The number of aryl methyl sites for hydroxylation is 1. The second kappa shape index (κ2) is 7.01. The van der Waals surface area contributed by atoms with Crippen LogP contribution in [0, 0.1) is 6.92 Å². The highest BCUT2D eigenvalue weighted by molar-refractivity contribution is 6.34. The number of fused-ring (bicyclic) bond motifs is 3. The van der Waals surface area contributed by atoms with Gasteiger partial charge in [-0.1, -0.05) is 60.1 Å². The number of halogens is 1. The first-order valence-electron chi connectivity index (χ1n) is 9.39. The Hall–Kier alpha value is -3.63. The van der Waals surface area contributed by atoms with E-state index in [1.807, 2.05) is 37.3 Å². The third-order valence-corrected chi connectivity index (χ3v) is 5.49. The lowest BCUT2D eigenvalue weighted by atomic mass is 9.96. The molecule has 0 atom stereocenters. The van der Waals surface area contributed by atoms with Crippen LogP contribution in [0.15, 0.2) is 86.4 Å². The van der Waals surface area contributed by atoms with Crippen LogP contribution in [0.1, 0.15) is 21.7 Å². The number of benzene rings is 3. The first kappa shape index (κ1) is 18.4. The molecule has 0 amide bonds. The van der Waals surface area contributed by atoms with E-state index < -0.39 is 5.63 Å². The van der Waals surface area contributed by atoms with E-state index in [1.54, 1.807) is 36.4 Å². The van der Waals surface area contributed by atoms with Gasteiger partial charge in [0, 0.05) is 33.2 Å². The van der Waals surface area contributed by atoms with E-state index in [2.05, 4.69) is 0 Å². The van der Waals surface area contributed by atoms with Crippen molar-refractivity contribution >= 4 is 39.3 Å². The Balaban J connectivity index is 1.95. The van der Waals surface area contributed by atoms with Crippen molar-refractivity contribution in [2.24, 2.45) is 0 Å². The minimum atomic E-state index is -0.463. The second-order valence-corrected chi connectivity index (χ2v) is 7.45. The molecule has 0 aliphatic carbocycles. The van der Waals surface area contributed by atoms with Crippen molar-refractivity contribution in [2.45, 2.75) is 6.92 Å². The van der Waals surface area contributed by atoms with E-state index in [4.69, 9.17) is 20.4 Å². The van der Waals surface area contributed by atoms with Crippen molar-refractivity contribution in [3.8, 4) is 11.1 Å². The van der Waals surface area contributed by atoms with Crippen molar-refractivity contribution in [2.75, 3.05) is 0 Å². The van der Waals surface area contributed by atoms with Gasteiger partial charge in [-0.05, 0) is 30.7 Å².